The number of imidazole rings is 1. The molecule has 0 radical (unpaired) electrons. The van der Waals surface area contributed by atoms with E-state index in [1.165, 1.54) is 30.9 Å². The maximum atomic E-state index is 12.6. The molecule has 0 aliphatic carbocycles. The summed E-state index contributed by atoms with van der Waals surface area (Å²) < 4.78 is 81.0. The van der Waals surface area contributed by atoms with Crippen LogP contribution in [0.5, 0.6) is 23.3 Å². The number of anilines is 1. The molecule has 0 spiro atoms. The van der Waals surface area contributed by atoms with E-state index in [-0.39, 0.29) is 44.4 Å². The number of amides is 2. The summed E-state index contributed by atoms with van der Waals surface area (Å²) in [6.07, 6.45) is -3.12. The number of pyridine rings is 1. The van der Waals surface area contributed by atoms with E-state index in [0.717, 1.165) is 30.3 Å². The Labute approximate surface area is 293 Å². The molecule has 17 nitrogen and oxygen atoms in total. The number of urea groups is 1. The average Bonchev–Trinajstić information content (AvgIpc) is 3.41. The molecule has 3 aromatic heterocycles. The van der Waals surface area contributed by atoms with Gasteiger partial charge in [0.2, 0.25) is 17.7 Å². The molecular formula is C28H20Cl2F3N7O10S. The minimum absolute atomic E-state index is 0.116. The number of rotatable bonds is 9. The summed E-state index contributed by atoms with van der Waals surface area (Å²) in [5, 5.41) is 20.9. The zero-order valence-electron chi connectivity index (χ0n) is 25.5. The molecule has 23 heteroatoms. The van der Waals surface area contributed by atoms with Crippen molar-refractivity contribution in [3.8, 4) is 23.3 Å². The number of carbonyl (C=O) groups is 2. The third-order valence-corrected chi connectivity index (χ3v) is 8.16. The van der Waals surface area contributed by atoms with Gasteiger partial charge in [-0.15, -0.1) is 0 Å². The third kappa shape index (κ3) is 9.20. The first kappa shape index (κ1) is 37.9. The lowest BCUT2D eigenvalue weighted by Crippen LogP contribution is -2.35. The van der Waals surface area contributed by atoms with Gasteiger partial charge in [-0.25, -0.2) is 19.3 Å². The normalized spacial score (nSPS) is 11.2. The van der Waals surface area contributed by atoms with Crippen LogP contribution in [-0.4, -0.2) is 64.0 Å². The molecule has 0 bridgehead atoms. The van der Waals surface area contributed by atoms with Gasteiger partial charge in [-0.2, -0.15) is 31.6 Å². The molecule has 3 N–H and O–H groups in total. The van der Waals surface area contributed by atoms with Crippen molar-refractivity contribution in [2.24, 2.45) is 0 Å². The fraction of sp³-hybridized carbons (Fsp3) is 0.107. The molecule has 0 unspecified atom stereocenters. The number of hydrogen-bond donors (Lipinski definition) is 3. The van der Waals surface area contributed by atoms with Crippen LogP contribution in [0.3, 0.4) is 0 Å². The van der Waals surface area contributed by atoms with Crippen molar-refractivity contribution in [2.45, 2.75) is 11.2 Å². The number of nitrogens with zero attached hydrogens (tertiary/aromatic N) is 5. The van der Waals surface area contributed by atoms with E-state index < -0.39 is 49.9 Å². The van der Waals surface area contributed by atoms with E-state index in [1.807, 2.05) is 4.72 Å². The highest BCUT2D eigenvalue weighted by Gasteiger charge is 2.31. The van der Waals surface area contributed by atoms with Crippen LogP contribution in [-0.2, 0) is 16.2 Å². The Hall–Kier alpha value is -5.93. The largest absolute Gasteiger partial charge is 0.481 e. The van der Waals surface area contributed by atoms with Gasteiger partial charge >= 0.3 is 18.2 Å². The topological polar surface area (TPSA) is 226 Å². The number of hydrogen-bond acceptors (Lipinski definition) is 12. The molecule has 0 saturated heterocycles. The Balaban J connectivity index is 0.000000230. The highest BCUT2D eigenvalue weighted by atomic mass is 35.5. The lowest BCUT2D eigenvalue weighted by atomic mass is 10.1. The Morgan fingerprint density at radius 2 is 1.65 bits per heavy atom. The van der Waals surface area contributed by atoms with E-state index in [2.05, 4.69) is 20.3 Å². The number of nitro groups is 1. The van der Waals surface area contributed by atoms with Gasteiger partial charge in [0, 0.05) is 18.3 Å². The number of aromatic nitrogens is 4. The number of benzene rings is 2. The molecule has 2 amide bonds. The summed E-state index contributed by atoms with van der Waals surface area (Å²) in [6.45, 7) is 0. The SMILES string of the molecule is COc1cc(OC)nc(NC(=O)NS(=O)(=O)c2c(Cl)nc3ccccn23)n1.O=C(O)c1cc(Oc2ccc(C(F)(F)F)cc2Cl)ccc1[N+](=O)[O-]. The minimum atomic E-state index is -4.58. The number of methoxy groups -OCH3 is 2. The first-order chi connectivity index (χ1) is 23.9. The number of halogens is 5. The maximum absolute atomic E-state index is 12.6. The van der Waals surface area contributed by atoms with E-state index in [9.17, 15) is 41.3 Å². The molecule has 5 rings (SSSR count). The highest BCUT2D eigenvalue weighted by Crippen LogP contribution is 2.37. The van der Waals surface area contributed by atoms with E-state index in [1.54, 1.807) is 18.2 Å². The second-order valence-electron chi connectivity index (χ2n) is 9.46. The molecular weight excluding hydrogens is 754 g/mol. The van der Waals surface area contributed by atoms with Gasteiger partial charge in [-0.1, -0.05) is 29.3 Å². The van der Waals surface area contributed by atoms with Crippen LogP contribution < -0.4 is 24.2 Å². The predicted molar refractivity (Wildman–Crippen MR) is 171 cm³/mol. The molecule has 268 valence electrons. The number of carbonyl (C=O) groups excluding carboxylic acids is 1. The number of nitro benzene ring substituents is 1. The summed E-state index contributed by atoms with van der Waals surface area (Å²) in [6, 6.07) is 10.4. The first-order valence-electron chi connectivity index (χ1n) is 13.4. The lowest BCUT2D eigenvalue weighted by molar-refractivity contribution is -0.385. The van der Waals surface area contributed by atoms with Crippen molar-refractivity contribution < 1.29 is 55.4 Å². The summed E-state index contributed by atoms with van der Waals surface area (Å²) >= 11 is 11.7. The molecule has 2 aromatic carbocycles. The van der Waals surface area contributed by atoms with Crippen LogP contribution >= 0.6 is 23.2 Å². The summed E-state index contributed by atoms with van der Waals surface area (Å²) in [4.78, 5) is 44.7. The van der Waals surface area contributed by atoms with Crippen molar-refractivity contribution in [1.82, 2.24) is 24.1 Å². The van der Waals surface area contributed by atoms with E-state index in [0.29, 0.717) is 11.7 Å². The van der Waals surface area contributed by atoms with Crippen molar-refractivity contribution in [3.63, 3.8) is 0 Å². The van der Waals surface area contributed by atoms with Crippen LogP contribution in [0.15, 0.2) is 71.9 Å². The Bertz CT molecular complexity index is 2230. The number of carboxylic acids is 1. The fourth-order valence-electron chi connectivity index (χ4n) is 3.95. The van der Waals surface area contributed by atoms with Crippen LogP contribution in [0.2, 0.25) is 10.2 Å². The number of alkyl halides is 3. The third-order valence-electron chi connectivity index (χ3n) is 6.13. The van der Waals surface area contributed by atoms with Crippen molar-refractivity contribution >= 4 is 62.5 Å². The highest BCUT2D eigenvalue weighted by molar-refractivity contribution is 7.90. The summed E-state index contributed by atoms with van der Waals surface area (Å²) in [7, 11) is -1.61. The molecule has 0 aliphatic rings. The zero-order valence-corrected chi connectivity index (χ0v) is 27.8. The Morgan fingerprint density at radius 1 is 0.980 bits per heavy atom. The Kier molecular flexibility index (Phi) is 11.4. The quantitative estimate of drug-likeness (QED) is 0.114. The van der Waals surface area contributed by atoms with Crippen LogP contribution in [0.25, 0.3) is 5.65 Å². The van der Waals surface area contributed by atoms with Crippen molar-refractivity contribution in [1.29, 1.82) is 0 Å². The molecule has 3 heterocycles. The van der Waals surface area contributed by atoms with E-state index in [4.69, 9.17) is 42.5 Å². The average molecular weight is 774 g/mol. The van der Waals surface area contributed by atoms with Crippen LogP contribution in [0.1, 0.15) is 15.9 Å². The van der Waals surface area contributed by atoms with Crippen LogP contribution in [0, 0.1) is 10.1 Å². The first-order valence-corrected chi connectivity index (χ1v) is 15.7. The second-order valence-corrected chi connectivity index (χ2v) is 11.8. The van der Waals surface area contributed by atoms with Crippen molar-refractivity contribution in [2.75, 3.05) is 19.5 Å². The molecule has 5 aromatic rings. The van der Waals surface area contributed by atoms with Gasteiger partial charge in [0.15, 0.2) is 10.2 Å². The number of sulfonamides is 1. The standard InChI is InChI=1S/C14H7ClF3NO5.C14H13ClN6O5S/c15-10-5-7(14(16,17)18)1-4-12(10)24-8-2-3-11(19(22)23)9(6-8)13(20)21;1-25-9-7-10(26-2)18-13(17-9)19-14(22)20-27(23,24)12-11(15)16-8-5-3-4-6-21(8)12/h1-6H,(H,20,21);3-7H,1-2H3,(H2,17,18,19,20,22). The molecule has 51 heavy (non-hydrogen) atoms. The van der Waals surface area contributed by atoms with Gasteiger partial charge in [-0.05, 0) is 36.4 Å². The monoisotopic (exact) mass is 773 g/mol. The molecule has 0 fully saturated rings. The smallest absolute Gasteiger partial charge is 0.416 e. The number of aromatic carboxylic acids is 1. The number of carboxylic acid groups (broad SMARTS) is 1. The van der Waals surface area contributed by atoms with Gasteiger partial charge in [0.05, 0.1) is 35.8 Å². The summed E-state index contributed by atoms with van der Waals surface area (Å²) in [5.41, 5.74) is -1.94. The molecule has 0 atom stereocenters. The molecule has 0 aliphatic heterocycles. The van der Waals surface area contributed by atoms with Gasteiger partial charge in [0.1, 0.15) is 22.7 Å². The fourth-order valence-corrected chi connectivity index (χ4v) is 5.72. The number of nitrogens with one attached hydrogen (secondary N) is 2. The van der Waals surface area contributed by atoms with Crippen LogP contribution in [0.4, 0.5) is 29.6 Å². The Morgan fingerprint density at radius 3 is 2.22 bits per heavy atom. The summed E-state index contributed by atoms with van der Waals surface area (Å²) in [5.74, 6) is -1.82. The van der Waals surface area contributed by atoms with Crippen molar-refractivity contribution in [3.05, 3.63) is 98.3 Å². The second kappa shape index (κ2) is 15.3. The minimum Gasteiger partial charge on any atom is -0.481 e. The maximum Gasteiger partial charge on any atom is 0.416 e. The van der Waals surface area contributed by atoms with E-state index >= 15 is 0 Å². The number of fused-ring (bicyclic) bond motifs is 1. The molecule has 0 saturated carbocycles. The van der Waals surface area contributed by atoms with Gasteiger partial charge in [-0.3, -0.25) is 19.8 Å². The van der Waals surface area contributed by atoms with Gasteiger partial charge < -0.3 is 19.3 Å². The predicted octanol–water partition coefficient (Wildman–Crippen LogP) is 6.06. The van der Waals surface area contributed by atoms with Gasteiger partial charge in [0.25, 0.3) is 15.7 Å². The number of ether oxygens (including phenoxy) is 3. The lowest BCUT2D eigenvalue weighted by Gasteiger charge is -2.11. The zero-order chi connectivity index (χ0) is 37.7.